The second kappa shape index (κ2) is 6.88. The Balaban J connectivity index is 2.56. The van der Waals surface area contributed by atoms with Gasteiger partial charge in [0.05, 0.1) is 6.54 Å². The summed E-state index contributed by atoms with van der Waals surface area (Å²) in [4.78, 5) is 40.6. The summed E-state index contributed by atoms with van der Waals surface area (Å²) in [6.07, 6.45) is -1.05. The molecule has 0 spiro atoms. The highest BCUT2D eigenvalue weighted by atomic mass is 16.6. The predicted octanol–water partition coefficient (Wildman–Crippen LogP) is -0.411. The van der Waals surface area contributed by atoms with Crippen LogP contribution in [-0.4, -0.2) is 58.7 Å². The first-order chi connectivity index (χ1) is 9.35. The van der Waals surface area contributed by atoms with Crippen molar-refractivity contribution in [2.45, 2.75) is 39.3 Å². The Morgan fingerprint density at radius 3 is 2.60 bits per heavy atom. The van der Waals surface area contributed by atoms with Crippen molar-refractivity contribution >= 4 is 23.5 Å². The lowest BCUT2D eigenvalue weighted by Gasteiger charge is -2.23. The van der Waals surface area contributed by atoms with Crippen molar-refractivity contribution in [2.24, 2.45) is 5.16 Å². The molecule has 112 valence electrons. The molecule has 8 nitrogen and oxygen atoms in total. The molecule has 0 bridgehead atoms. The SMILES string of the molecule is CCN(CC(=O)NC(C)C)C(=O)C1CC(C(=O)O)=NO1. The number of oxime groups is 1. The van der Waals surface area contributed by atoms with Crippen LogP contribution < -0.4 is 5.32 Å². The third-order valence-corrected chi connectivity index (χ3v) is 2.67. The number of carboxylic acids is 1. The van der Waals surface area contributed by atoms with Crippen LogP contribution in [0.25, 0.3) is 0 Å². The molecule has 20 heavy (non-hydrogen) atoms. The maximum atomic E-state index is 12.1. The molecule has 1 aliphatic rings. The zero-order chi connectivity index (χ0) is 15.3. The monoisotopic (exact) mass is 285 g/mol. The third kappa shape index (κ3) is 4.22. The first-order valence-corrected chi connectivity index (χ1v) is 6.39. The van der Waals surface area contributed by atoms with Gasteiger partial charge in [-0.15, -0.1) is 0 Å². The van der Waals surface area contributed by atoms with Crippen LogP contribution in [0.15, 0.2) is 5.16 Å². The van der Waals surface area contributed by atoms with Gasteiger partial charge in [-0.25, -0.2) is 4.79 Å². The summed E-state index contributed by atoms with van der Waals surface area (Å²) in [5.74, 6) is -1.92. The highest BCUT2D eigenvalue weighted by Gasteiger charge is 2.34. The Labute approximate surface area is 116 Å². The number of likely N-dealkylation sites (N-methyl/N-ethyl adjacent to an activating group) is 1. The molecule has 1 atom stereocenters. The average Bonchev–Trinajstić information content (AvgIpc) is 2.83. The van der Waals surface area contributed by atoms with E-state index in [4.69, 9.17) is 9.94 Å². The standard InChI is InChI=1S/C12H19N3O5/c1-4-15(6-10(16)13-7(2)3)11(17)9-5-8(12(18)19)14-20-9/h7,9H,4-6H2,1-3H3,(H,13,16)(H,18,19). The number of carbonyl (C=O) groups is 3. The van der Waals surface area contributed by atoms with E-state index in [2.05, 4.69) is 10.5 Å². The molecular formula is C12H19N3O5. The van der Waals surface area contributed by atoms with E-state index in [-0.39, 0.29) is 30.6 Å². The third-order valence-electron chi connectivity index (χ3n) is 2.67. The van der Waals surface area contributed by atoms with Crippen LogP contribution in [0, 0.1) is 0 Å². The summed E-state index contributed by atoms with van der Waals surface area (Å²) in [5, 5.41) is 14.8. The van der Waals surface area contributed by atoms with E-state index in [1.165, 1.54) is 4.90 Å². The number of hydrogen-bond donors (Lipinski definition) is 2. The molecule has 2 amide bonds. The zero-order valence-corrected chi connectivity index (χ0v) is 11.8. The van der Waals surface area contributed by atoms with Crippen molar-refractivity contribution in [3.05, 3.63) is 0 Å². The minimum absolute atomic E-state index is 0.0130. The number of nitrogens with zero attached hydrogens (tertiary/aromatic N) is 2. The van der Waals surface area contributed by atoms with Crippen LogP contribution in [0.5, 0.6) is 0 Å². The number of aliphatic carboxylic acids is 1. The van der Waals surface area contributed by atoms with Crippen molar-refractivity contribution in [3.63, 3.8) is 0 Å². The fraction of sp³-hybridized carbons (Fsp3) is 0.667. The van der Waals surface area contributed by atoms with E-state index in [1.807, 2.05) is 13.8 Å². The smallest absolute Gasteiger partial charge is 0.353 e. The summed E-state index contributed by atoms with van der Waals surface area (Å²) >= 11 is 0. The fourth-order valence-electron chi connectivity index (χ4n) is 1.73. The van der Waals surface area contributed by atoms with Gasteiger partial charge >= 0.3 is 5.97 Å². The van der Waals surface area contributed by atoms with Gasteiger partial charge in [-0.2, -0.15) is 0 Å². The number of amides is 2. The topological polar surface area (TPSA) is 108 Å². The lowest BCUT2D eigenvalue weighted by atomic mass is 10.1. The molecule has 0 saturated heterocycles. The molecule has 1 rings (SSSR count). The van der Waals surface area contributed by atoms with Crippen LogP contribution in [-0.2, 0) is 19.2 Å². The number of carbonyl (C=O) groups excluding carboxylic acids is 2. The van der Waals surface area contributed by atoms with E-state index in [0.717, 1.165) is 0 Å². The van der Waals surface area contributed by atoms with Crippen LogP contribution >= 0.6 is 0 Å². The second-order valence-electron chi connectivity index (χ2n) is 4.72. The molecule has 1 heterocycles. The van der Waals surface area contributed by atoms with Gasteiger partial charge < -0.3 is 20.2 Å². The highest BCUT2D eigenvalue weighted by molar-refractivity contribution is 6.36. The molecule has 0 radical (unpaired) electrons. The molecule has 8 heteroatoms. The van der Waals surface area contributed by atoms with Crippen LogP contribution in [0.4, 0.5) is 0 Å². The molecule has 0 fully saturated rings. The second-order valence-corrected chi connectivity index (χ2v) is 4.72. The average molecular weight is 285 g/mol. The van der Waals surface area contributed by atoms with Crippen LogP contribution in [0.3, 0.4) is 0 Å². The van der Waals surface area contributed by atoms with Gasteiger partial charge in [0.15, 0.2) is 5.71 Å². The summed E-state index contributed by atoms with van der Waals surface area (Å²) < 4.78 is 0. The molecular weight excluding hydrogens is 266 g/mol. The molecule has 1 unspecified atom stereocenters. The Hall–Kier alpha value is -2.12. The number of nitrogens with one attached hydrogen (secondary N) is 1. The van der Waals surface area contributed by atoms with Crippen molar-refractivity contribution in [1.82, 2.24) is 10.2 Å². The molecule has 0 aliphatic carbocycles. The minimum Gasteiger partial charge on any atom is -0.477 e. The molecule has 0 aromatic heterocycles. The van der Waals surface area contributed by atoms with Crippen LogP contribution in [0.2, 0.25) is 0 Å². The van der Waals surface area contributed by atoms with Crippen molar-refractivity contribution < 1.29 is 24.3 Å². The molecule has 2 N–H and O–H groups in total. The normalized spacial score (nSPS) is 17.4. The van der Waals surface area contributed by atoms with Gasteiger partial charge in [-0.05, 0) is 20.8 Å². The summed E-state index contributed by atoms with van der Waals surface area (Å²) in [5.41, 5.74) is -0.189. The maximum Gasteiger partial charge on any atom is 0.353 e. The summed E-state index contributed by atoms with van der Waals surface area (Å²) in [7, 11) is 0. The molecule has 0 saturated carbocycles. The lowest BCUT2D eigenvalue weighted by Crippen LogP contribution is -2.46. The summed E-state index contributed by atoms with van der Waals surface area (Å²) in [6, 6.07) is -0.0130. The number of carboxylic acid groups (broad SMARTS) is 1. The zero-order valence-electron chi connectivity index (χ0n) is 11.8. The first kappa shape index (κ1) is 15.9. The fourth-order valence-corrected chi connectivity index (χ4v) is 1.73. The predicted molar refractivity (Wildman–Crippen MR) is 70.1 cm³/mol. The highest BCUT2D eigenvalue weighted by Crippen LogP contribution is 2.13. The van der Waals surface area contributed by atoms with Crippen molar-refractivity contribution in [1.29, 1.82) is 0 Å². The van der Waals surface area contributed by atoms with Crippen LogP contribution in [0.1, 0.15) is 27.2 Å². The number of rotatable bonds is 6. The van der Waals surface area contributed by atoms with Gasteiger partial charge in [0.2, 0.25) is 12.0 Å². The van der Waals surface area contributed by atoms with E-state index < -0.39 is 18.0 Å². The minimum atomic E-state index is -1.21. The summed E-state index contributed by atoms with van der Waals surface area (Å²) in [6.45, 7) is 5.61. The van der Waals surface area contributed by atoms with E-state index in [9.17, 15) is 14.4 Å². The maximum absolute atomic E-state index is 12.1. The number of hydrogen-bond acceptors (Lipinski definition) is 5. The van der Waals surface area contributed by atoms with Crippen molar-refractivity contribution in [2.75, 3.05) is 13.1 Å². The molecule has 0 aromatic rings. The quantitative estimate of drug-likeness (QED) is 0.689. The van der Waals surface area contributed by atoms with Gasteiger partial charge in [0.25, 0.3) is 5.91 Å². The Morgan fingerprint density at radius 2 is 2.15 bits per heavy atom. The first-order valence-electron chi connectivity index (χ1n) is 6.39. The Morgan fingerprint density at radius 1 is 1.50 bits per heavy atom. The lowest BCUT2D eigenvalue weighted by molar-refractivity contribution is -0.144. The Kier molecular flexibility index (Phi) is 5.48. The van der Waals surface area contributed by atoms with E-state index >= 15 is 0 Å². The van der Waals surface area contributed by atoms with Crippen molar-refractivity contribution in [3.8, 4) is 0 Å². The van der Waals surface area contributed by atoms with Gasteiger partial charge in [0, 0.05) is 19.0 Å². The van der Waals surface area contributed by atoms with Gasteiger partial charge in [0.1, 0.15) is 0 Å². The van der Waals surface area contributed by atoms with Gasteiger partial charge in [-0.3, -0.25) is 9.59 Å². The van der Waals surface area contributed by atoms with Gasteiger partial charge in [-0.1, -0.05) is 5.16 Å². The largest absolute Gasteiger partial charge is 0.477 e. The van der Waals surface area contributed by atoms with E-state index in [1.54, 1.807) is 6.92 Å². The molecule has 0 aromatic carbocycles. The molecule has 1 aliphatic heterocycles. The Bertz CT molecular complexity index is 433. The van der Waals surface area contributed by atoms with E-state index in [0.29, 0.717) is 6.54 Å².